The van der Waals surface area contributed by atoms with E-state index in [4.69, 9.17) is 4.74 Å². The van der Waals surface area contributed by atoms with Gasteiger partial charge >= 0.3 is 12.1 Å². The molecule has 2 atom stereocenters. The lowest BCUT2D eigenvalue weighted by atomic mass is 9.67. The maximum Gasteiger partial charge on any atom is 0.409 e. The summed E-state index contributed by atoms with van der Waals surface area (Å²) < 4.78 is 5.14. The van der Waals surface area contributed by atoms with Crippen molar-refractivity contribution in [2.24, 2.45) is 5.41 Å². The number of anilines is 1. The Kier molecular flexibility index (Phi) is 5.49. The average molecular weight is 473 g/mol. The number of rotatable bonds is 2. The average Bonchev–Trinajstić information content (AvgIpc) is 2.75. The van der Waals surface area contributed by atoms with E-state index in [0.717, 1.165) is 4.90 Å². The summed E-state index contributed by atoms with van der Waals surface area (Å²) in [5.74, 6) is -1.47. The molecule has 12 heteroatoms. The predicted molar refractivity (Wildman–Crippen MR) is 119 cm³/mol. The predicted octanol–water partition coefficient (Wildman–Crippen LogP) is 1.66. The summed E-state index contributed by atoms with van der Waals surface area (Å²) in [5, 5.41) is 13.7. The Hall–Kier alpha value is -3.70. The van der Waals surface area contributed by atoms with Crippen molar-refractivity contribution >= 4 is 35.3 Å². The van der Waals surface area contributed by atoms with Crippen LogP contribution < -0.4 is 10.2 Å². The fourth-order valence-corrected chi connectivity index (χ4v) is 5.11. The van der Waals surface area contributed by atoms with Gasteiger partial charge in [0.15, 0.2) is 5.41 Å². The lowest BCUT2D eigenvalue weighted by Gasteiger charge is -2.56. The molecule has 1 N–H and O–H groups in total. The number of carbonyl (C=O) groups is 4. The van der Waals surface area contributed by atoms with Crippen molar-refractivity contribution in [3.8, 4) is 0 Å². The number of fused-ring (bicyclic) bond motifs is 4. The van der Waals surface area contributed by atoms with Crippen LogP contribution in [0.1, 0.15) is 33.3 Å². The van der Waals surface area contributed by atoms with Crippen molar-refractivity contribution in [2.75, 3.05) is 31.1 Å². The molecule has 4 rings (SSSR count). The number of carbonyl (C=O) groups excluding carboxylic acids is 4. The maximum atomic E-state index is 14.0. The molecule has 3 heterocycles. The zero-order chi connectivity index (χ0) is 25.0. The van der Waals surface area contributed by atoms with E-state index in [0.29, 0.717) is 11.3 Å². The third kappa shape index (κ3) is 3.44. The lowest BCUT2D eigenvalue weighted by Crippen LogP contribution is -2.77. The lowest BCUT2D eigenvalue weighted by molar-refractivity contribution is -0.384. The van der Waals surface area contributed by atoms with Gasteiger partial charge in [0, 0.05) is 49.4 Å². The van der Waals surface area contributed by atoms with Crippen molar-refractivity contribution < 1.29 is 28.8 Å². The third-order valence-electron chi connectivity index (χ3n) is 6.61. The van der Waals surface area contributed by atoms with Crippen molar-refractivity contribution in [1.29, 1.82) is 0 Å². The maximum absolute atomic E-state index is 14.0. The Morgan fingerprint density at radius 2 is 1.97 bits per heavy atom. The molecule has 0 aliphatic carbocycles. The molecule has 1 aromatic carbocycles. The number of nitrogens with one attached hydrogen (secondary N) is 1. The minimum atomic E-state index is -1.77. The molecular formula is C22H27N5O7. The van der Waals surface area contributed by atoms with Gasteiger partial charge < -0.3 is 14.5 Å². The number of nitro groups is 1. The number of benzene rings is 1. The summed E-state index contributed by atoms with van der Waals surface area (Å²) in [6, 6.07) is 2.72. The Bertz CT molecular complexity index is 1100. The highest BCUT2D eigenvalue weighted by molar-refractivity contribution is 6.20. The van der Waals surface area contributed by atoms with Crippen LogP contribution in [-0.4, -0.2) is 76.5 Å². The van der Waals surface area contributed by atoms with Gasteiger partial charge in [0.1, 0.15) is 0 Å². The number of ether oxygens (including phenoxy) is 1. The van der Waals surface area contributed by atoms with Crippen molar-refractivity contribution in [2.45, 2.75) is 45.7 Å². The molecule has 2 fully saturated rings. The molecule has 1 spiro atoms. The second kappa shape index (κ2) is 7.96. The van der Waals surface area contributed by atoms with Gasteiger partial charge in [0.05, 0.1) is 17.6 Å². The van der Waals surface area contributed by atoms with Gasteiger partial charge in [-0.05, 0) is 39.3 Å². The molecule has 2 saturated heterocycles. The molecule has 0 bridgehead atoms. The smallest absolute Gasteiger partial charge is 0.409 e. The third-order valence-corrected chi connectivity index (χ3v) is 6.61. The number of non-ortho nitro benzene ring substituents is 1. The van der Waals surface area contributed by atoms with E-state index in [9.17, 15) is 29.3 Å². The van der Waals surface area contributed by atoms with Gasteiger partial charge in [-0.2, -0.15) is 0 Å². The molecular weight excluding hydrogens is 446 g/mol. The van der Waals surface area contributed by atoms with Crippen LogP contribution in [0.2, 0.25) is 0 Å². The Morgan fingerprint density at radius 3 is 2.59 bits per heavy atom. The molecule has 5 amide bonds. The molecule has 182 valence electrons. The van der Waals surface area contributed by atoms with E-state index in [1.807, 2.05) is 4.90 Å². The molecule has 0 unspecified atom stereocenters. The number of urea groups is 1. The standard InChI is InChI=1S/C22H27N5O7/c1-5-34-20(31)24-8-9-25-15-7-6-14(27(32)33)10-13(15)11-22(16(25)12-24)17(28)23-19(30)26(18(22)29)21(2,3)4/h6-7,10,16H,5,8-9,11-12H2,1-4H3,(H,23,28,30)/t16-,22-/m1/s1. The first-order valence-electron chi connectivity index (χ1n) is 11.1. The minimum Gasteiger partial charge on any atom is -0.450 e. The van der Waals surface area contributed by atoms with Gasteiger partial charge in [-0.15, -0.1) is 0 Å². The first kappa shape index (κ1) is 23.5. The summed E-state index contributed by atoms with van der Waals surface area (Å²) >= 11 is 0. The molecule has 3 aliphatic heterocycles. The van der Waals surface area contributed by atoms with Crippen molar-refractivity contribution in [1.82, 2.24) is 15.1 Å². The summed E-state index contributed by atoms with van der Waals surface area (Å²) in [5.41, 5.74) is -1.75. The number of barbiturate groups is 1. The monoisotopic (exact) mass is 473 g/mol. The molecule has 34 heavy (non-hydrogen) atoms. The largest absolute Gasteiger partial charge is 0.450 e. The van der Waals surface area contributed by atoms with E-state index < -0.39 is 45.9 Å². The van der Waals surface area contributed by atoms with Crippen LogP contribution in [0.25, 0.3) is 0 Å². The van der Waals surface area contributed by atoms with Crippen LogP contribution in [-0.2, 0) is 20.7 Å². The Balaban J connectivity index is 1.88. The van der Waals surface area contributed by atoms with Crippen LogP contribution in [0.5, 0.6) is 0 Å². The Morgan fingerprint density at radius 1 is 1.26 bits per heavy atom. The number of imide groups is 2. The first-order valence-corrected chi connectivity index (χ1v) is 11.1. The summed E-state index contributed by atoms with van der Waals surface area (Å²) in [6.07, 6.45) is -0.703. The SMILES string of the molecule is CCOC(=O)N1CCN2c3ccc([N+](=O)[O-])cc3C[C@]3(C(=O)NC(=O)N(C(C)(C)C)C3=O)[C@H]2C1. The van der Waals surface area contributed by atoms with Crippen LogP contribution in [0.15, 0.2) is 18.2 Å². The summed E-state index contributed by atoms with van der Waals surface area (Å²) in [4.78, 5) is 67.9. The zero-order valence-electron chi connectivity index (χ0n) is 19.5. The van der Waals surface area contributed by atoms with E-state index in [1.165, 1.54) is 17.0 Å². The number of hydrogen-bond donors (Lipinski definition) is 1. The quantitative estimate of drug-likeness (QED) is 0.388. The van der Waals surface area contributed by atoms with E-state index in [2.05, 4.69) is 5.32 Å². The topological polar surface area (TPSA) is 142 Å². The van der Waals surface area contributed by atoms with Crippen molar-refractivity contribution in [3.63, 3.8) is 0 Å². The number of nitro benzene ring substituents is 1. The molecule has 3 aliphatic rings. The highest BCUT2D eigenvalue weighted by atomic mass is 16.6. The molecule has 0 aromatic heterocycles. The highest BCUT2D eigenvalue weighted by Gasteiger charge is 2.64. The number of piperazine rings is 1. The number of hydrogen-bond acceptors (Lipinski definition) is 8. The van der Waals surface area contributed by atoms with E-state index in [1.54, 1.807) is 33.8 Å². The fourth-order valence-electron chi connectivity index (χ4n) is 5.11. The highest BCUT2D eigenvalue weighted by Crippen LogP contribution is 2.47. The molecule has 0 saturated carbocycles. The second-order valence-corrected chi connectivity index (χ2v) is 9.64. The van der Waals surface area contributed by atoms with Crippen LogP contribution in [0.3, 0.4) is 0 Å². The Labute approximate surface area is 195 Å². The van der Waals surface area contributed by atoms with Gasteiger partial charge in [0.25, 0.3) is 5.69 Å². The van der Waals surface area contributed by atoms with E-state index >= 15 is 0 Å². The van der Waals surface area contributed by atoms with Crippen LogP contribution >= 0.6 is 0 Å². The van der Waals surface area contributed by atoms with Crippen LogP contribution in [0, 0.1) is 15.5 Å². The number of nitrogens with zero attached hydrogens (tertiary/aromatic N) is 4. The van der Waals surface area contributed by atoms with Crippen molar-refractivity contribution in [3.05, 3.63) is 33.9 Å². The van der Waals surface area contributed by atoms with Gasteiger partial charge in [-0.3, -0.25) is 29.9 Å². The first-order chi connectivity index (χ1) is 15.9. The van der Waals surface area contributed by atoms with Gasteiger partial charge in [-0.25, -0.2) is 9.59 Å². The molecule has 0 radical (unpaired) electrons. The zero-order valence-corrected chi connectivity index (χ0v) is 19.5. The van der Waals surface area contributed by atoms with Gasteiger partial charge in [-0.1, -0.05) is 0 Å². The van der Waals surface area contributed by atoms with Crippen LogP contribution in [0.4, 0.5) is 21.0 Å². The minimum absolute atomic E-state index is 0.0145. The van der Waals surface area contributed by atoms with Gasteiger partial charge in [0.2, 0.25) is 11.8 Å². The van der Waals surface area contributed by atoms with E-state index in [-0.39, 0.29) is 38.3 Å². The molecule has 1 aromatic rings. The second-order valence-electron chi connectivity index (χ2n) is 9.64. The summed E-state index contributed by atoms with van der Waals surface area (Å²) in [6.45, 7) is 7.47. The number of amides is 5. The summed E-state index contributed by atoms with van der Waals surface area (Å²) in [7, 11) is 0. The normalized spacial score (nSPS) is 24.5. The fraction of sp³-hybridized carbons (Fsp3) is 0.545. The molecule has 12 nitrogen and oxygen atoms in total.